The first kappa shape index (κ1) is 21.3. The van der Waals surface area contributed by atoms with E-state index in [0.717, 1.165) is 13.0 Å². The van der Waals surface area contributed by atoms with Gasteiger partial charge in [-0.1, -0.05) is 31.8 Å². The van der Waals surface area contributed by atoms with Crippen LogP contribution in [0, 0.1) is 10.8 Å². The van der Waals surface area contributed by atoms with Crippen LogP contribution in [0.1, 0.15) is 26.7 Å². The molecule has 0 aromatic rings. The smallest absolute Gasteiger partial charge is 0.335 e. The second kappa shape index (κ2) is 10.3. The highest BCUT2D eigenvalue weighted by atomic mass is 32.1. The fourth-order valence-corrected chi connectivity index (χ4v) is 2.53. The predicted octanol–water partition coefficient (Wildman–Crippen LogP) is 0.252. The van der Waals surface area contributed by atoms with Crippen molar-refractivity contribution in [2.75, 3.05) is 19.7 Å². The zero-order valence-corrected chi connectivity index (χ0v) is 14.7. The average molecular weight is 366 g/mol. The molecule has 1 fully saturated rings. The number of carbonyl (C=O) groups is 1. The molecule has 1 aliphatic heterocycles. The fraction of sp³-hybridized carbons (Fsp3) is 0.929. The molecule has 5 unspecified atom stereocenters. The quantitative estimate of drug-likeness (QED) is 0.246. The van der Waals surface area contributed by atoms with Crippen LogP contribution in [0.5, 0.6) is 0 Å². The lowest BCUT2D eigenvalue weighted by molar-refractivity contribution is -0.271. The third-order valence-corrected chi connectivity index (χ3v) is 4.14. The third kappa shape index (κ3) is 6.26. The average Bonchev–Trinajstić information content (AvgIpc) is 2.52. The molecule has 1 heterocycles. The van der Waals surface area contributed by atoms with Crippen molar-refractivity contribution < 1.29 is 29.6 Å². The normalized spacial score (nSPS) is 30.7. The Balaban J connectivity index is 2.41. The lowest BCUT2D eigenvalue weighted by Crippen LogP contribution is -2.59. The Kier molecular flexibility index (Phi) is 9.09. The maximum atomic E-state index is 11.1. The van der Waals surface area contributed by atoms with E-state index in [9.17, 15) is 19.9 Å². The first-order valence-corrected chi connectivity index (χ1v) is 8.30. The molecule has 0 aliphatic carbocycles. The second-order valence-corrected chi connectivity index (χ2v) is 6.77. The number of aliphatic carboxylic acids is 1. The number of aliphatic hydroxyl groups excluding tert-OH is 2. The molecular weight excluding hydrogens is 340 g/mol. The van der Waals surface area contributed by atoms with Gasteiger partial charge in [-0.25, -0.2) is 4.79 Å². The first-order valence-electron chi connectivity index (χ1n) is 7.90. The predicted molar refractivity (Wildman–Crippen MR) is 88.5 cm³/mol. The van der Waals surface area contributed by atoms with Crippen molar-refractivity contribution in [3.05, 3.63) is 4.91 Å². The van der Waals surface area contributed by atoms with Crippen molar-refractivity contribution in [3.8, 4) is 0 Å². The second-order valence-electron chi connectivity index (χ2n) is 6.20. The summed E-state index contributed by atoms with van der Waals surface area (Å²) in [6, 6.07) is -1.58. The molecule has 0 saturated carbocycles. The van der Waals surface area contributed by atoms with E-state index in [-0.39, 0.29) is 6.61 Å². The Morgan fingerprint density at radius 1 is 1.33 bits per heavy atom. The van der Waals surface area contributed by atoms with Crippen molar-refractivity contribution in [1.29, 1.82) is 0 Å². The van der Waals surface area contributed by atoms with E-state index in [4.69, 9.17) is 14.6 Å². The van der Waals surface area contributed by atoms with E-state index < -0.39 is 36.6 Å². The number of carboxylic acid groups (broad SMARTS) is 1. The maximum Gasteiger partial charge on any atom is 0.335 e. The topological polar surface area (TPSA) is 129 Å². The number of aliphatic hydroxyl groups is 2. The van der Waals surface area contributed by atoms with Crippen molar-refractivity contribution in [2.24, 2.45) is 11.1 Å². The van der Waals surface area contributed by atoms with Crippen LogP contribution < -0.4 is 0 Å². The molecule has 0 aromatic heterocycles. The third-order valence-electron chi connectivity index (χ3n) is 3.74. The molecule has 0 aromatic carbocycles. The van der Waals surface area contributed by atoms with Crippen molar-refractivity contribution >= 4 is 18.8 Å². The fourth-order valence-electron chi connectivity index (χ4n) is 2.27. The lowest BCUT2D eigenvalue weighted by Gasteiger charge is -2.37. The summed E-state index contributed by atoms with van der Waals surface area (Å²) in [5.41, 5.74) is 0. The molecule has 0 amide bonds. The molecular formula is C14H26N2O7S. The summed E-state index contributed by atoms with van der Waals surface area (Å²) >= 11 is 4.33. The summed E-state index contributed by atoms with van der Waals surface area (Å²) in [5.74, 6) is -0.870. The lowest BCUT2D eigenvalue weighted by atomic mass is 9.97. The van der Waals surface area contributed by atoms with E-state index in [1.165, 1.54) is 0 Å². The SMILES string of the molecule is CC(C)CCN(S)CCCOC1OC(C(=O)O)C(N=O)C(O)C1O. The molecule has 10 heteroatoms. The number of ether oxygens (including phenoxy) is 2. The number of nitroso groups, excluding NO2 is 1. The van der Waals surface area contributed by atoms with Crippen LogP contribution in [0.4, 0.5) is 0 Å². The Morgan fingerprint density at radius 2 is 2.00 bits per heavy atom. The molecule has 0 spiro atoms. The van der Waals surface area contributed by atoms with Crippen LogP contribution >= 0.6 is 12.8 Å². The monoisotopic (exact) mass is 366 g/mol. The molecule has 0 radical (unpaired) electrons. The molecule has 1 aliphatic rings. The molecule has 3 N–H and O–H groups in total. The van der Waals surface area contributed by atoms with Gasteiger partial charge in [0.1, 0.15) is 12.2 Å². The number of carboxylic acids is 1. The summed E-state index contributed by atoms with van der Waals surface area (Å²) in [5, 5.41) is 31.2. The largest absolute Gasteiger partial charge is 0.479 e. The Morgan fingerprint density at radius 3 is 2.54 bits per heavy atom. The minimum Gasteiger partial charge on any atom is -0.479 e. The number of thiol groups is 1. The van der Waals surface area contributed by atoms with Crippen molar-refractivity contribution in [1.82, 2.24) is 4.31 Å². The van der Waals surface area contributed by atoms with E-state index >= 15 is 0 Å². The summed E-state index contributed by atoms with van der Waals surface area (Å²) in [6.07, 6.45) is -4.59. The highest BCUT2D eigenvalue weighted by Gasteiger charge is 2.49. The van der Waals surface area contributed by atoms with Crippen molar-refractivity contribution in [3.63, 3.8) is 0 Å². The number of hydrogen-bond acceptors (Lipinski definition) is 9. The zero-order chi connectivity index (χ0) is 18.3. The minimum absolute atomic E-state index is 0.179. The van der Waals surface area contributed by atoms with Gasteiger partial charge in [0.2, 0.25) is 0 Å². The number of nitrogens with zero attached hydrogens (tertiary/aromatic N) is 2. The van der Waals surface area contributed by atoms with Gasteiger partial charge in [-0.2, -0.15) is 4.91 Å². The highest BCUT2D eigenvalue weighted by Crippen LogP contribution is 2.24. The van der Waals surface area contributed by atoms with E-state index in [1.807, 2.05) is 4.31 Å². The zero-order valence-electron chi connectivity index (χ0n) is 13.8. The van der Waals surface area contributed by atoms with Crippen LogP contribution in [-0.2, 0) is 14.3 Å². The molecule has 140 valence electrons. The molecule has 24 heavy (non-hydrogen) atoms. The van der Waals surface area contributed by atoms with E-state index in [0.29, 0.717) is 18.9 Å². The van der Waals surface area contributed by atoms with Gasteiger partial charge in [0.15, 0.2) is 18.4 Å². The van der Waals surface area contributed by atoms with Crippen LogP contribution in [0.3, 0.4) is 0 Å². The van der Waals surface area contributed by atoms with Crippen LogP contribution in [0.2, 0.25) is 0 Å². The summed E-state index contributed by atoms with van der Waals surface area (Å²) in [4.78, 5) is 21.7. The van der Waals surface area contributed by atoms with E-state index in [2.05, 4.69) is 31.8 Å². The molecule has 1 saturated heterocycles. The molecule has 5 atom stereocenters. The minimum atomic E-state index is -1.66. The Labute approximate surface area is 146 Å². The molecule has 1 rings (SSSR count). The summed E-state index contributed by atoms with van der Waals surface area (Å²) in [6.45, 7) is 5.90. The van der Waals surface area contributed by atoms with Gasteiger partial charge in [0, 0.05) is 13.1 Å². The molecule has 9 nitrogen and oxygen atoms in total. The number of rotatable bonds is 10. The summed E-state index contributed by atoms with van der Waals surface area (Å²) < 4.78 is 12.2. The Bertz CT molecular complexity index is 413. The number of hydrogen-bond donors (Lipinski definition) is 4. The molecule has 0 bridgehead atoms. The Hall–Kier alpha value is -0.780. The van der Waals surface area contributed by atoms with Gasteiger partial charge < -0.3 is 24.8 Å². The highest BCUT2D eigenvalue weighted by molar-refractivity contribution is 7.77. The van der Waals surface area contributed by atoms with Crippen LogP contribution in [-0.4, -0.2) is 75.9 Å². The van der Waals surface area contributed by atoms with Gasteiger partial charge in [0.05, 0.1) is 6.61 Å². The standard InChI is InChI=1S/C14H26N2O7S/c1-8(2)4-6-16(24)5-3-7-22-14-11(18)10(17)9(15-21)12(23-14)13(19)20/h8-12,14,17-18,24H,3-7H2,1-2H3,(H,19,20). The van der Waals surface area contributed by atoms with Crippen molar-refractivity contribution in [2.45, 2.75) is 57.3 Å². The van der Waals surface area contributed by atoms with Crippen LogP contribution in [0.25, 0.3) is 0 Å². The van der Waals surface area contributed by atoms with Gasteiger partial charge >= 0.3 is 5.97 Å². The maximum absolute atomic E-state index is 11.1. The first-order chi connectivity index (χ1) is 11.3. The van der Waals surface area contributed by atoms with Crippen LogP contribution in [0.15, 0.2) is 5.18 Å². The van der Waals surface area contributed by atoms with Gasteiger partial charge in [-0.15, -0.1) is 0 Å². The van der Waals surface area contributed by atoms with E-state index in [1.54, 1.807) is 0 Å². The summed E-state index contributed by atoms with van der Waals surface area (Å²) in [7, 11) is 0. The van der Waals surface area contributed by atoms with Gasteiger partial charge in [0.25, 0.3) is 0 Å². The van der Waals surface area contributed by atoms with Gasteiger partial charge in [-0.3, -0.25) is 4.31 Å². The van der Waals surface area contributed by atoms with Gasteiger partial charge in [-0.05, 0) is 18.8 Å².